The highest BCUT2D eigenvalue weighted by molar-refractivity contribution is 6.30. The van der Waals surface area contributed by atoms with Crippen molar-refractivity contribution in [2.75, 3.05) is 24.3 Å². The van der Waals surface area contributed by atoms with Crippen LogP contribution in [0.3, 0.4) is 0 Å². The first-order valence-electron chi connectivity index (χ1n) is 6.05. The topological polar surface area (TPSA) is 35.5 Å². The number of anilines is 2. The molecule has 0 amide bonds. The Morgan fingerprint density at radius 3 is 2.42 bits per heavy atom. The van der Waals surface area contributed by atoms with E-state index < -0.39 is 0 Å². The zero-order valence-corrected chi connectivity index (χ0v) is 11.8. The minimum absolute atomic E-state index is 0.252. The van der Waals surface area contributed by atoms with Gasteiger partial charge in [-0.25, -0.2) is 0 Å². The van der Waals surface area contributed by atoms with E-state index in [1.807, 2.05) is 43.3 Å². The first-order chi connectivity index (χ1) is 9.06. The highest BCUT2D eigenvalue weighted by atomic mass is 35.5. The van der Waals surface area contributed by atoms with E-state index in [0.29, 0.717) is 11.6 Å². The first kappa shape index (κ1) is 13.6. The number of nitrogens with one attached hydrogen (secondary N) is 1. The van der Waals surface area contributed by atoms with Crippen LogP contribution in [0.25, 0.3) is 0 Å². The molecule has 0 aromatic heterocycles. The monoisotopic (exact) mass is 276 g/mol. The molecule has 2 N–H and O–H groups in total. The Hall–Kier alpha value is -1.87. The van der Waals surface area contributed by atoms with Crippen molar-refractivity contribution in [3.63, 3.8) is 0 Å². The normalized spacial score (nSPS) is 10.3. The van der Waals surface area contributed by atoms with E-state index in [1.54, 1.807) is 18.2 Å². The lowest BCUT2D eigenvalue weighted by Gasteiger charge is -2.13. The van der Waals surface area contributed by atoms with Crippen molar-refractivity contribution in [2.24, 2.45) is 0 Å². The summed E-state index contributed by atoms with van der Waals surface area (Å²) in [5.41, 5.74) is 2.94. The van der Waals surface area contributed by atoms with Crippen LogP contribution in [-0.4, -0.2) is 19.2 Å². The highest BCUT2D eigenvalue weighted by Gasteiger charge is 2.02. The predicted octanol–water partition coefficient (Wildman–Crippen LogP) is 3.72. The summed E-state index contributed by atoms with van der Waals surface area (Å²) in [6.45, 7) is 0.535. The van der Waals surface area contributed by atoms with Gasteiger partial charge in [0.05, 0.1) is 0 Å². The van der Waals surface area contributed by atoms with E-state index >= 15 is 0 Å². The quantitative estimate of drug-likeness (QED) is 0.893. The number of phenols is 1. The smallest absolute Gasteiger partial charge is 0.120 e. The van der Waals surface area contributed by atoms with Crippen LogP contribution in [0, 0.1) is 0 Å². The van der Waals surface area contributed by atoms with Gasteiger partial charge in [-0.05, 0) is 42.5 Å². The van der Waals surface area contributed by atoms with Gasteiger partial charge in [0.15, 0.2) is 0 Å². The number of hydrogen-bond acceptors (Lipinski definition) is 3. The molecule has 100 valence electrons. The van der Waals surface area contributed by atoms with Crippen LogP contribution in [0.2, 0.25) is 5.02 Å². The maximum absolute atomic E-state index is 9.72. The SMILES string of the molecule is CN(C)c1ccc(NCc2cc(Cl)ccc2O)cc1. The maximum atomic E-state index is 9.72. The molecular weight excluding hydrogens is 260 g/mol. The Morgan fingerprint density at radius 2 is 1.79 bits per heavy atom. The lowest BCUT2D eigenvalue weighted by molar-refractivity contribution is 0.469. The molecule has 2 rings (SSSR count). The average Bonchev–Trinajstić information content (AvgIpc) is 2.40. The van der Waals surface area contributed by atoms with E-state index in [9.17, 15) is 5.11 Å². The molecule has 0 fully saturated rings. The maximum Gasteiger partial charge on any atom is 0.120 e. The van der Waals surface area contributed by atoms with E-state index in [2.05, 4.69) is 5.32 Å². The van der Waals surface area contributed by atoms with Gasteiger partial charge in [-0.15, -0.1) is 0 Å². The van der Waals surface area contributed by atoms with Gasteiger partial charge in [-0.1, -0.05) is 11.6 Å². The van der Waals surface area contributed by atoms with Crippen LogP contribution in [0.15, 0.2) is 42.5 Å². The summed E-state index contributed by atoms with van der Waals surface area (Å²) < 4.78 is 0. The van der Waals surface area contributed by atoms with Crippen molar-refractivity contribution < 1.29 is 5.11 Å². The molecule has 0 spiro atoms. The van der Waals surface area contributed by atoms with Crippen LogP contribution in [0.4, 0.5) is 11.4 Å². The summed E-state index contributed by atoms with van der Waals surface area (Å²) in [5, 5.41) is 13.6. The van der Waals surface area contributed by atoms with Crippen molar-refractivity contribution >= 4 is 23.0 Å². The second kappa shape index (κ2) is 5.85. The summed E-state index contributed by atoms with van der Waals surface area (Å²) in [5.74, 6) is 0.252. The number of phenolic OH excluding ortho intramolecular Hbond substituents is 1. The Kier molecular flexibility index (Phi) is 4.17. The van der Waals surface area contributed by atoms with E-state index in [-0.39, 0.29) is 5.75 Å². The van der Waals surface area contributed by atoms with Crippen LogP contribution < -0.4 is 10.2 Å². The van der Waals surface area contributed by atoms with Crippen LogP contribution in [-0.2, 0) is 6.54 Å². The third-order valence-corrected chi connectivity index (χ3v) is 3.14. The number of rotatable bonds is 4. The highest BCUT2D eigenvalue weighted by Crippen LogP contribution is 2.23. The van der Waals surface area contributed by atoms with Gasteiger partial charge in [0.1, 0.15) is 5.75 Å². The largest absolute Gasteiger partial charge is 0.508 e. The Bertz CT molecular complexity index is 553. The lowest BCUT2D eigenvalue weighted by Crippen LogP contribution is -2.08. The average molecular weight is 277 g/mol. The number of halogens is 1. The van der Waals surface area contributed by atoms with E-state index in [4.69, 9.17) is 11.6 Å². The number of hydrogen-bond donors (Lipinski definition) is 2. The number of nitrogens with zero attached hydrogens (tertiary/aromatic N) is 1. The fraction of sp³-hybridized carbons (Fsp3) is 0.200. The second-order valence-electron chi connectivity index (χ2n) is 4.57. The molecule has 0 radical (unpaired) electrons. The fourth-order valence-corrected chi connectivity index (χ4v) is 1.97. The molecule has 0 bridgehead atoms. The standard InChI is InChI=1S/C15H17ClN2O/c1-18(2)14-6-4-13(5-7-14)17-10-11-9-12(16)3-8-15(11)19/h3-9,17,19H,10H2,1-2H3. The molecule has 3 nitrogen and oxygen atoms in total. The van der Waals surface area contributed by atoms with Crippen molar-refractivity contribution in [2.45, 2.75) is 6.54 Å². The zero-order chi connectivity index (χ0) is 13.8. The second-order valence-corrected chi connectivity index (χ2v) is 5.00. The number of aromatic hydroxyl groups is 1. The van der Waals surface area contributed by atoms with Crippen molar-refractivity contribution in [3.8, 4) is 5.75 Å². The Labute approximate surface area is 118 Å². The fourth-order valence-electron chi connectivity index (χ4n) is 1.77. The molecule has 2 aromatic rings. The Balaban J connectivity index is 2.04. The Morgan fingerprint density at radius 1 is 1.11 bits per heavy atom. The zero-order valence-electron chi connectivity index (χ0n) is 11.0. The third kappa shape index (κ3) is 3.55. The van der Waals surface area contributed by atoms with Crippen molar-refractivity contribution in [3.05, 3.63) is 53.1 Å². The van der Waals surface area contributed by atoms with Crippen LogP contribution in [0.5, 0.6) is 5.75 Å². The van der Waals surface area contributed by atoms with Crippen molar-refractivity contribution in [1.29, 1.82) is 0 Å². The minimum atomic E-state index is 0.252. The molecule has 0 saturated heterocycles. The summed E-state index contributed by atoms with van der Waals surface area (Å²) in [7, 11) is 4.01. The molecule has 0 atom stereocenters. The van der Waals surface area contributed by atoms with Gasteiger partial charge in [0.2, 0.25) is 0 Å². The molecule has 2 aromatic carbocycles. The molecular formula is C15H17ClN2O. The van der Waals surface area contributed by atoms with Gasteiger partial charge in [0, 0.05) is 42.6 Å². The first-order valence-corrected chi connectivity index (χ1v) is 6.43. The summed E-state index contributed by atoms with van der Waals surface area (Å²) in [6.07, 6.45) is 0. The molecule has 19 heavy (non-hydrogen) atoms. The summed E-state index contributed by atoms with van der Waals surface area (Å²) in [4.78, 5) is 2.05. The molecule has 0 aliphatic carbocycles. The summed E-state index contributed by atoms with van der Waals surface area (Å²) >= 11 is 5.91. The molecule has 0 heterocycles. The van der Waals surface area contributed by atoms with E-state index in [1.165, 1.54) is 0 Å². The number of benzene rings is 2. The summed E-state index contributed by atoms with van der Waals surface area (Å²) in [6, 6.07) is 13.1. The van der Waals surface area contributed by atoms with Gasteiger partial charge in [-0.2, -0.15) is 0 Å². The van der Waals surface area contributed by atoms with Gasteiger partial charge in [0.25, 0.3) is 0 Å². The molecule has 0 unspecified atom stereocenters. The minimum Gasteiger partial charge on any atom is -0.508 e. The van der Waals surface area contributed by atoms with E-state index in [0.717, 1.165) is 16.9 Å². The molecule has 4 heteroatoms. The molecule has 0 saturated carbocycles. The predicted molar refractivity (Wildman–Crippen MR) is 81.2 cm³/mol. The van der Waals surface area contributed by atoms with Crippen molar-refractivity contribution in [1.82, 2.24) is 0 Å². The lowest BCUT2D eigenvalue weighted by atomic mass is 10.2. The van der Waals surface area contributed by atoms with Crippen LogP contribution in [0.1, 0.15) is 5.56 Å². The molecule has 0 aliphatic heterocycles. The van der Waals surface area contributed by atoms with Crippen LogP contribution >= 0.6 is 11.6 Å². The van der Waals surface area contributed by atoms with Gasteiger partial charge >= 0.3 is 0 Å². The van der Waals surface area contributed by atoms with Gasteiger partial charge in [-0.3, -0.25) is 0 Å². The van der Waals surface area contributed by atoms with Gasteiger partial charge < -0.3 is 15.3 Å². The molecule has 0 aliphatic rings. The third-order valence-electron chi connectivity index (χ3n) is 2.91.